The molecule has 7 nitrogen and oxygen atoms in total. The second-order valence-corrected chi connectivity index (χ2v) is 8.91. The third kappa shape index (κ3) is 3.57. The van der Waals surface area contributed by atoms with Crippen molar-refractivity contribution in [2.75, 3.05) is 25.2 Å². The Morgan fingerprint density at radius 2 is 1.82 bits per heavy atom. The predicted molar refractivity (Wildman–Crippen MR) is 124 cm³/mol. The van der Waals surface area contributed by atoms with Gasteiger partial charge in [-0.3, -0.25) is 14.6 Å². The number of rotatable bonds is 3. The minimum absolute atomic E-state index is 0.0174. The van der Waals surface area contributed by atoms with Crippen LogP contribution in [0.25, 0.3) is 10.9 Å². The number of hydrogen-bond acceptors (Lipinski definition) is 5. The number of piperidine rings is 1. The lowest BCUT2D eigenvalue weighted by atomic mass is 9.94. The molecule has 6 rings (SSSR count). The molecular formula is C26H25N3O4. The van der Waals surface area contributed by atoms with Gasteiger partial charge in [0.05, 0.1) is 11.1 Å². The molecule has 2 aliphatic heterocycles. The lowest BCUT2D eigenvalue weighted by molar-refractivity contribution is -0.121. The summed E-state index contributed by atoms with van der Waals surface area (Å²) in [4.78, 5) is 33.2. The Labute approximate surface area is 191 Å². The Hall–Kier alpha value is -3.61. The molecule has 1 fully saturated rings. The Bertz CT molecular complexity index is 1260. The van der Waals surface area contributed by atoms with E-state index < -0.39 is 0 Å². The topological polar surface area (TPSA) is 80.8 Å². The Kier molecular flexibility index (Phi) is 4.89. The average molecular weight is 444 g/mol. The Balaban J connectivity index is 1.16. The fourth-order valence-corrected chi connectivity index (χ4v) is 5.18. The molecular weight excluding hydrogens is 418 g/mol. The van der Waals surface area contributed by atoms with Gasteiger partial charge in [-0.2, -0.15) is 0 Å². The van der Waals surface area contributed by atoms with Crippen molar-refractivity contribution in [1.82, 2.24) is 9.88 Å². The fraction of sp³-hybridized carbons (Fsp3) is 0.346. The molecule has 1 N–H and O–H groups in total. The summed E-state index contributed by atoms with van der Waals surface area (Å²) in [6, 6.07) is 13.3. The predicted octanol–water partition coefficient (Wildman–Crippen LogP) is 3.94. The molecule has 1 saturated heterocycles. The maximum Gasteiger partial charge on any atom is 0.254 e. The van der Waals surface area contributed by atoms with Gasteiger partial charge in [0.1, 0.15) is 0 Å². The van der Waals surface area contributed by atoms with Crippen LogP contribution in [0.4, 0.5) is 5.69 Å². The van der Waals surface area contributed by atoms with E-state index in [1.165, 1.54) is 0 Å². The first-order valence-electron chi connectivity index (χ1n) is 11.6. The zero-order chi connectivity index (χ0) is 22.4. The van der Waals surface area contributed by atoms with E-state index in [1.54, 1.807) is 12.1 Å². The number of amides is 2. The molecule has 3 aliphatic rings. The van der Waals surface area contributed by atoms with Crippen molar-refractivity contribution in [1.29, 1.82) is 0 Å². The monoisotopic (exact) mass is 443 g/mol. The highest BCUT2D eigenvalue weighted by atomic mass is 16.7. The summed E-state index contributed by atoms with van der Waals surface area (Å²) in [5, 5.41) is 3.93. The first-order valence-corrected chi connectivity index (χ1v) is 11.6. The third-order valence-corrected chi connectivity index (χ3v) is 6.93. The number of ether oxygens (including phenoxy) is 2. The second-order valence-electron chi connectivity index (χ2n) is 8.91. The SMILES string of the molecule is O=C(Nc1ccc2c(c1)OCO2)C1CCN(C(=O)c2c3c(nc4ccccc24)CCC3)CC1. The molecule has 33 heavy (non-hydrogen) atoms. The normalized spacial score (nSPS) is 17.3. The fourth-order valence-electron chi connectivity index (χ4n) is 5.18. The maximum absolute atomic E-state index is 13.6. The number of aryl methyl sites for hydroxylation is 1. The van der Waals surface area contributed by atoms with Crippen LogP contribution in [0.1, 0.15) is 40.9 Å². The lowest BCUT2D eigenvalue weighted by Crippen LogP contribution is -2.41. The van der Waals surface area contributed by atoms with E-state index in [9.17, 15) is 9.59 Å². The van der Waals surface area contributed by atoms with Crippen molar-refractivity contribution in [3.05, 3.63) is 59.3 Å². The molecule has 1 aliphatic carbocycles. The quantitative estimate of drug-likeness (QED) is 0.663. The smallest absolute Gasteiger partial charge is 0.254 e. The van der Waals surface area contributed by atoms with Crippen LogP contribution in [0.5, 0.6) is 11.5 Å². The summed E-state index contributed by atoms with van der Waals surface area (Å²) in [6.45, 7) is 1.35. The molecule has 0 saturated carbocycles. The molecule has 7 heteroatoms. The van der Waals surface area contributed by atoms with Crippen molar-refractivity contribution in [2.24, 2.45) is 5.92 Å². The van der Waals surface area contributed by atoms with Gasteiger partial charge in [-0.25, -0.2) is 0 Å². The number of aromatic nitrogens is 1. The summed E-state index contributed by atoms with van der Waals surface area (Å²) in [5.41, 5.74) is 4.58. The van der Waals surface area contributed by atoms with Crippen LogP contribution in [-0.2, 0) is 17.6 Å². The molecule has 1 aromatic heterocycles. The van der Waals surface area contributed by atoms with Crippen molar-refractivity contribution in [3.63, 3.8) is 0 Å². The first kappa shape index (κ1) is 20.0. The Morgan fingerprint density at radius 3 is 2.70 bits per heavy atom. The molecule has 3 heterocycles. The second kappa shape index (κ2) is 8.06. The molecule has 0 spiro atoms. The molecule has 0 atom stereocenters. The van der Waals surface area contributed by atoms with Crippen LogP contribution >= 0.6 is 0 Å². The number of nitrogens with zero attached hydrogens (tertiary/aromatic N) is 2. The number of para-hydroxylation sites is 1. The van der Waals surface area contributed by atoms with Gasteiger partial charge in [0.15, 0.2) is 11.5 Å². The summed E-state index contributed by atoms with van der Waals surface area (Å²) in [7, 11) is 0. The highest BCUT2D eigenvalue weighted by molar-refractivity contribution is 6.08. The molecule has 0 unspecified atom stereocenters. The number of anilines is 1. The van der Waals surface area contributed by atoms with E-state index in [0.29, 0.717) is 43.1 Å². The van der Waals surface area contributed by atoms with Gasteiger partial charge in [0.2, 0.25) is 12.7 Å². The summed E-state index contributed by atoms with van der Waals surface area (Å²) in [6.07, 6.45) is 4.17. The van der Waals surface area contributed by atoms with Gasteiger partial charge in [0, 0.05) is 41.8 Å². The van der Waals surface area contributed by atoms with Gasteiger partial charge in [-0.05, 0) is 55.9 Å². The first-order chi connectivity index (χ1) is 16.2. The summed E-state index contributed by atoms with van der Waals surface area (Å²) in [5.74, 6) is 1.26. The number of pyridine rings is 1. The van der Waals surface area contributed by atoms with Crippen molar-refractivity contribution in [3.8, 4) is 11.5 Å². The van der Waals surface area contributed by atoms with E-state index >= 15 is 0 Å². The molecule has 0 radical (unpaired) electrons. The number of likely N-dealkylation sites (tertiary alicyclic amines) is 1. The standard InChI is InChI=1S/C26H25N3O4/c30-25(27-17-8-9-22-23(14-17)33-15-32-22)16-10-12-29(13-11-16)26(31)24-18-4-1-2-6-20(18)28-21-7-3-5-19(21)24/h1-2,4,6,8-9,14,16H,3,5,7,10-13,15H2,(H,27,30). The highest BCUT2D eigenvalue weighted by Gasteiger charge is 2.31. The molecule has 0 bridgehead atoms. The van der Waals surface area contributed by atoms with Crippen molar-refractivity contribution >= 4 is 28.4 Å². The lowest BCUT2D eigenvalue weighted by Gasteiger charge is -2.32. The van der Waals surface area contributed by atoms with E-state index in [1.807, 2.05) is 35.2 Å². The van der Waals surface area contributed by atoms with Gasteiger partial charge in [-0.1, -0.05) is 18.2 Å². The number of fused-ring (bicyclic) bond motifs is 3. The van der Waals surface area contributed by atoms with E-state index in [0.717, 1.165) is 47.0 Å². The minimum Gasteiger partial charge on any atom is -0.454 e. The van der Waals surface area contributed by atoms with Gasteiger partial charge >= 0.3 is 0 Å². The molecule has 2 amide bonds. The van der Waals surface area contributed by atoms with Gasteiger partial charge in [-0.15, -0.1) is 0 Å². The number of carbonyl (C=O) groups excluding carboxylic acids is 2. The largest absolute Gasteiger partial charge is 0.454 e. The van der Waals surface area contributed by atoms with Crippen molar-refractivity contribution < 1.29 is 19.1 Å². The zero-order valence-corrected chi connectivity index (χ0v) is 18.3. The summed E-state index contributed by atoms with van der Waals surface area (Å²) >= 11 is 0. The van der Waals surface area contributed by atoms with Crippen LogP contribution in [0.15, 0.2) is 42.5 Å². The van der Waals surface area contributed by atoms with Crippen LogP contribution in [0, 0.1) is 5.92 Å². The number of hydrogen-bond donors (Lipinski definition) is 1. The van der Waals surface area contributed by atoms with Gasteiger partial charge in [0.25, 0.3) is 5.91 Å². The van der Waals surface area contributed by atoms with Crippen molar-refractivity contribution in [2.45, 2.75) is 32.1 Å². The number of carbonyl (C=O) groups is 2. The average Bonchev–Trinajstić information content (AvgIpc) is 3.51. The Morgan fingerprint density at radius 1 is 1.00 bits per heavy atom. The molecule has 168 valence electrons. The van der Waals surface area contributed by atoms with Crippen LogP contribution in [0.2, 0.25) is 0 Å². The third-order valence-electron chi connectivity index (χ3n) is 6.93. The minimum atomic E-state index is -0.126. The van der Waals surface area contributed by atoms with Crippen LogP contribution in [-0.4, -0.2) is 41.6 Å². The van der Waals surface area contributed by atoms with E-state index in [4.69, 9.17) is 14.5 Å². The van der Waals surface area contributed by atoms with Gasteiger partial charge < -0.3 is 19.7 Å². The van der Waals surface area contributed by atoms with E-state index in [2.05, 4.69) is 5.32 Å². The van der Waals surface area contributed by atoms with Crippen LogP contribution < -0.4 is 14.8 Å². The zero-order valence-electron chi connectivity index (χ0n) is 18.3. The maximum atomic E-state index is 13.6. The number of benzene rings is 2. The van der Waals surface area contributed by atoms with E-state index in [-0.39, 0.29) is 24.5 Å². The highest BCUT2D eigenvalue weighted by Crippen LogP contribution is 2.35. The molecule has 3 aromatic rings. The molecule has 2 aromatic carbocycles. The number of nitrogens with one attached hydrogen (secondary N) is 1. The van der Waals surface area contributed by atoms with Crippen LogP contribution in [0.3, 0.4) is 0 Å². The summed E-state index contributed by atoms with van der Waals surface area (Å²) < 4.78 is 10.7.